The molecule has 104 valence electrons. The van der Waals surface area contributed by atoms with Crippen LogP contribution in [0.15, 0.2) is 41.6 Å². The fourth-order valence-electron chi connectivity index (χ4n) is 1.65. The van der Waals surface area contributed by atoms with Crippen LogP contribution in [-0.4, -0.2) is 16.4 Å². The van der Waals surface area contributed by atoms with Gasteiger partial charge in [0.05, 0.1) is 11.3 Å². The second-order valence-corrected chi connectivity index (χ2v) is 4.28. The molecular formula is C14H14FN3O2. The van der Waals surface area contributed by atoms with Gasteiger partial charge in [-0.15, -0.1) is 0 Å². The molecule has 0 aliphatic carbocycles. The SMILES string of the molecule is Cc1ccc(C(N)=NOC(=O)c2ccc(F)cc2)n1C. The molecule has 0 atom stereocenters. The molecule has 0 saturated heterocycles. The van der Waals surface area contributed by atoms with Crippen molar-refractivity contribution in [2.45, 2.75) is 6.92 Å². The Labute approximate surface area is 115 Å². The largest absolute Gasteiger partial charge is 0.379 e. The van der Waals surface area contributed by atoms with E-state index in [1.165, 1.54) is 24.3 Å². The number of hydrogen-bond donors (Lipinski definition) is 1. The Bertz CT molecular complexity index is 660. The predicted octanol–water partition coefficient (Wildman–Crippen LogP) is 1.95. The molecule has 2 aromatic rings. The molecule has 2 rings (SSSR count). The number of benzene rings is 1. The second-order valence-electron chi connectivity index (χ2n) is 4.28. The van der Waals surface area contributed by atoms with Gasteiger partial charge in [-0.3, -0.25) is 0 Å². The van der Waals surface area contributed by atoms with Crippen LogP contribution in [-0.2, 0) is 11.9 Å². The van der Waals surface area contributed by atoms with Gasteiger partial charge < -0.3 is 15.1 Å². The molecule has 0 aliphatic heterocycles. The fraction of sp³-hybridized carbons (Fsp3) is 0.143. The number of aryl methyl sites for hydroxylation is 1. The lowest BCUT2D eigenvalue weighted by Gasteiger charge is -2.04. The standard InChI is InChI=1S/C14H14FN3O2/c1-9-3-8-12(18(9)2)13(16)17-20-14(19)10-4-6-11(15)7-5-10/h3-8H,1-2H3,(H2,16,17). The summed E-state index contributed by atoms with van der Waals surface area (Å²) in [7, 11) is 1.83. The summed E-state index contributed by atoms with van der Waals surface area (Å²) in [6.07, 6.45) is 0. The molecule has 2 N–H and O–H groups in total. The highest BCUT2D eigenvalue weighted by molar-refractivity contribution is 5.97. The smallest absolute Gasteiger partial charge is 0.365 e. The van der Waals surface area contributed by atoms with Crippen molar-refractivity contribution in [3.05, 3.63) is 59.2 Å². The first-order valence-electron chi connectivity index (χ1n) is 5.92. The molecule has 1 heterocycles. The zero-order chi connectivity index (χ0) is 14.7. The van der Waals surface area contributed by atoms with Gasteiger partial charge in [0.25, 0.3) is 0 Å². The summed E-state index contributed by atoms with van der Waals surface area (Å²) in [4.78, 5) is 16.4. The number of halogens is 1. The van der Waals surface area contributed by atoms with Crippen LogP contribution in [0.5, 0.6) is 0 Å². The summed E-state index contributed by atoms with van der Waals surface area (Å²) in [6.45, 7) is 1.92. The van der Waals surface area contributed by atoms with E-state index in [0.29, 0.717) is 5.69 Å². The van der Waals surface area contributed by atoms with E-state index in [-0.39, 0.29) is 11.4 Å². The van der Waals surface area contributed by atoms with Crippen molar-refractivity contribution in [3.63, 3.8) is 0 Å². The first-order chi connectivity index (χ1) is 9.49. The molecule has 1 aromatic heterocycles. The molecule has 20 heavy (non-hydrogen) atoms. The van der Waals surface area contributed by atoms with Gasteiger partial charge in [-0.05, 0) is 43.3 Å². The molecule has 0 bridgehead atoms. The highest BCUT2D eigenvalue weighted by Crippen LogP contribution is 2.07. The van der Waals surface area contributed by atoms with Crippen molar-refractivity contribution in [1.29, 1.82) is 0 Å². The van der Waals surface area contributed by atoms with Crippen LogP contribution < -0.4 is 5.73 Å². The molecule has 1 aromatic carbocycles. The number of carbonyl (C=O) groups is 1. The molecule has 0 radical (unpaired) electrons. The lowest BCUT2D eigenvalue weighted by molar-refractivity contribution is 0.0516. The van der Waals surface area contributed by atoms with Gasteiger partial charge in [-0.25, -0.2) is 9.18 Å². The van der Waals surface area contributed by atoms with Gasteiger partial charge in [-0.1, -0.05) is 5.16 Å². The summed E-state index contributed by atoms with van der Waals surface area (Å²) in [6, 6.07) is 8.62. The minimum absolute atomic E-state index is 0.0936. The zero-order valence-electron chi connectivity index (χ0n) is 11.1. The highest BCUT2D eigenvalue weighted by Gasteiger charge is 2.10. The van der Waals surface area contributed by atoms with Crippen LogP contribution in [0, 0.1) is 12.7 Å². The molecular weight excluding hydrogens is 261 g/mol. The summed E-state index contributed by atoms with van der Waals surface area (Å²) >= 11 is 0. The maximum absolute atomic E-state index is 12.7. The van der Waals surface area contributed by atoms with Crippen molar-refractivity contribution in [3.8, 4) is 0 Å². The van der Waals surface area contributed by atoms with E-state index in [9.17, 15) is 9.18 Å². The van der Waals surface area contributed by atoms with E-state index in [1.807, 2.05) is 24.6 Å². The van der Waals surface area contributed by atoms with Crippen molar-refractivity contribution < 1.29 is 14.0 Å². The van der Waals surface area contributed by atoms with Crippen molar-refractivity contribution in [1.82, 2.24) is 4.57 Å². The van der Waals surface area contributed by atoms with Crippen LogP contribution >= 0.6 is 0 Å². The van der Waals surface area contributed by atoms with Crippen LogP contribution in [0.1, 0.15) is 21.7 Å². The van der Waals surface area contributed by atoms with E-state index >= 15 is 0 Å². The predicted molar refractivity (Wildman–Crippen MR) is 72.7 cm³/mol. The van der Waals surface area contributed by atoms with Crippen molar-refractivity contribution in [2.24, 2.45) is 17.9 Å². The van der Waals surface area contributed by atoms with E-state index in [2.05, 4.69) is 5.16 Å². The van der Waals surface area contributed by atoms with Crippen LogP contribution in [0.2, 0.25) is 0 Å². The third-order valence-corrected chi connectivity index (χ3v) is 2.94. The Hall–Kier alpha value is -2.63. The minimum Gasteiger partial charge on any atom is -0.379 e. The number of nitrogens with two attached hydrogens (primary N) is 1. The lowest BCUT2D eigenvalue weighted by atomic mass is 10.2. The van der Waals surface area contributed by atoms with E-state index < -0.39 is 11.8 Å². The Balaban J connectivity index is 2.10. The second kappa shape index (κ2) is 5.56. The number of hydrogen-bond acceptors (Lipinski definition) is 3. The Morgan fingerprint density at radius 2 is 1.90 bits per heavy atom. The first kappa shape index (κ1) is 13.8. The van der Waals surface area contributed by atoms with E-state index in [4.69, 9.17) is 10.6 Å². The molecule has 6 heteroatoms. The number of nitrogens with zero attached hydrogens (tertiary/aromatic N) is 2. The molecule has 5 nitrogen and oxygen atoms in total. The van der Waals surface area contributed by atoms with Gasteiger partial charge in [0.2, 0.25) is 0 Å². The normalized spacial score (nSPS) is 11.4. The summed E-state index contributed by atoms with van der Waals surface area (Å²) in [5, 5.41) is 3.60. The number of oxime groups is 1. The first-order valence-corrected chi connectivity index (χ1v) is 5.92. The number of aromatic nitrogens is 1. The molecule has 0 spiro atoms. The molecule has 0 saturated carbocycles. The number of amidine groups is 1. The van der Waals surface area contributed by atoms with Crippen LogP contribution in [0.25, 0.3) is 0 Å². The summed E-state index contributed by atoms with van der Waals surface area (Å²) in [5.41, 5.74) is 7.60. The number of carbonyl (C=O) groups excluding carboxylic acids is 1. The van der Waals surface area contributed by atoms with Crippen LogP contribution in [0.4, 0.5) is 4.39 Å². The highest BCUT2D eigenvalue weighted by atomic mass is 19.1. The van der Waals surface area contributed by atoms with Gasteiger partial charge in [0.15, 0.2) is 5.84 Å². The Morgan fingerprint density at radius 1 is 1.25 bits per heavy atom. The summed E-state index contributed by atoms with van der Waals surface area (Å²) in [5.74, 6) is -1.03. The average Bonchev–Trinajstić information content (AvgIpc) is 2.77. The van der Waals surface area contributed by atoms with Crippen molar-refractivity contribution in [2.75, 3.05) is 0 Å². The topological polar surface area (TPSA) is 69.6 Å². The zero-order valence-corrected chi connectivity index (χ0v) is 11.1. The third kappa shape index (κ3) is 2.85. The maximum atomic E-state index is 12.7. The van der Waals surface area contributed by atoms with Crippen molar-refractivity contribution >= 4 is 11.8 Å². The third-order valence-electron chi connectivity index (χ3n) is 2.94. The van der Waals surface area contributed by atoms with Gasteiger partial charge in [-0.2, -0.15) is 0 Å². The maximum Gasteiger partial charge on any atom is 0.365 e. The fourth-order valence-corrected chi connectivity index (χ4v) is 1.65. The summed E-state index contributed by atoms with van der Waals surface area (Å²) < 4.78 is 14.6. The Morgan fingerprint density at radius 3 is 2.45 bits per heavy atom. The molecule has 0 amide bonds. The quantitative estimate of drug-likeness (QED) is 0.403. The lowest BCUT2D eigenvalue weighted by Crippen LogP contribution is -2.18. The van der Waals surface area contributed by atoms with Crippen LogP contribution in [0.3, 0.4) is 0 Å². The molecule has 0 fully saturated rings. The van der Waals surface area contributed by atoms with E-state index in [1.54, 1.807) is 6.07 Å². The van der Waals surface area contributed by atoms with Gasteiger partial charge in [0.1, 0.15) is 5.82 Å². The van der Waals surface area contributed by atoms with Gasteiger partial charge in [0, 0.05) is 12.7 Å². The Kier molecular flexibility index (Phi) is 3.84. The molecule has 0 unspecified atom stereocenters. The average molecular weight is 275 g/mol. The monoisotopic (exact) mass is 275 g/mol. The van der Waals surface area contributed by atoms with Gasteiger partial charge >= 0.3 is 5.97 Å². The number of rotatable bonds is 3. The minimum atomic E-state index is -0.695. The van der Waals surface area contributed by atoms with E-state index in [0.717, 1.165) is 5.69 Å². The molecule has 0 aliphatic rings.